The van der Waals surface area contributed by atoms with Crippen molar-refractivity contribution in [3.63, 3.8) is 0 Å². The van der Waals surface area contributed by atoms with E-state index in [4.69, 9.17) is 4.74 Å². The maximum absolute atomic E-state index is 5.66. The van der Waals surface area contributed by atoms with Crippen molar-refractivity contribution in [3.05, 3.63) is 78.6 Å². The molecule has 1 fully saturated rings. The van der Waals surface area contributed by atoms with E-state index in [0.29, 0.717) is 12.1 Å². The lowest BCUT2D eigenvalue weighted by molar-refractivity contribution is 0.208. The molecule has 3 aromatic rings. The standard InChI is InChI=1S/C22H24N4O/c1-2-6-19(7-3-1)25-20-8-4-15-26(17-20)16-18-9-11-21(12-10-18)27-22-23-13-5-14-24-22/h1-3,5-7,9-14,20,25H,4,8,15-17H2/t20-/m0/s1. The van der Waals surface area contributed by atoms with E-state index in [9.17, 15) is 0 Å². The minimum atomic E-state index is 0.371. The largest absolute Gasteiger partial charge is 0.424 e. The van der Waals surface area contributed by atoms with E-state index < -0.39 is 0 Å². The monoisotopic (exact) mass is 360 g/mol. The predicted molar refractivity (Wildman–Crippen MR) is 107 cm³/mol. The molecule has 1 atom stereocenters. The zero-order valence-electron chi connectivity index (χ0n) is 15.3. The van der Waals surface area contributed by atoms with E-state index in [2.05, 4.69) is 62.6 Å². The van der Waals surface area contributed by atoms with Gasteiger partial charge in [-0.3, -0.25) is 4.90 Å². The maximum Gasteiger partial charge on any atom is 0.321 e. The van der Waals surface area contributed by atoms with Gasteiger partial charge in [-0.05, 0) is 55.3 Å². The summed E-state index contributed by atoms with van der Waals surface area (Å²) >= 11 is 0. The minimum Gasteiger partial charge on any atom is -0.424 e. The highest BCUT2D eigenvalue weighted by molar-refractivity contribution is 5.43. The number of nitrogens with zero attached hydrogens (tertiary/aromatic N) is 3. The zero-order valence-corrected chi connectivity index (χ0v) is 15.3. The third-order valence-electron chi connectivity index (χ3n) is 4.73. The molecule has 5 heteroatoms. The number of hydrogen-bond donors (Lipinski definition) is 1. The highest BCUT2D eigenvalue weighted by Crippen LogP contribution is 2.21. The topological polar surface area (TPSA) is 50.3 Å². The van der Waals surface area contributed by atoms with Crippen molar-refractivity contribution in [3.8, 4) is 11.8 Å². The Bertz CT molecular complexity index is 824. The lowest BCUT2D eigenvalue weighted by atomic mass is 10.0. The van der Waals surface area contributed by atoms with Crippen LogP contribution in [0.25, 0.3) is 0 Å². The van der Waals surface area contributed by atoms with Crippen LogP contribution in [0.5, 0.6) is 11.8 Å². The number of benzene rings is 2. The van der Waals surface area contributed by atoms with E-state index in [0.717, 1.165) is 25.4 Å². The fraction of sp³-hybridized carbons (Fsp3) is 0.273. The van der Waals surface area contributed by atoms with Crippen molar-refractivity contribution >= 4 is 5.69 Å². The molecule has 0 saturated carbocycles. The molecule has 2 aromatic carbocycles. The van der Waals surface area contributed by atoms with Crippen LogP contribution in [0.3, 0.4) is 0 Å². The van der Waals surface area contributed by atoms with Crippen LogP contribution in [0.15, 0.2) is 73.1 Å². The van der Waals surface area contributed by atoms with E-state index >= 15 is 0 Å². The number of aromatic nitrogens is 2. The van der Waals surface area contributed by atoms with Crippen molar-refractivity contribution in [2.75, 3.05) is 18.4 Å². The van der Waals surface area contributed by atoms with Crippen LogP contribution in [-0.2, 0) is 6.54 Å². The maximum atomic E-state index is 5.66. The SMILES string of the molecule is c1ccc(N[C@H]2CCCN(Cc3ccc(Oc4ncccn4)cc3)C2)cc1. The molecule has 2 heterocycles. The summed E-state index contributed by atoms with van der Waals surface area (Å²) in [6.45, 7) is 3.16. The van der Waals surface area contributed by atoms with Gasteiger partial charge in [-0.2, -0.15) is 0 Å². The first-order valence-corrected chi connectivity index (χ1v) is 9.43. The molecule has 138 valence electrons. The van der Waals surface area contributed by atoms with Gasteiger partial charge in [-0.15, -0.1) is 0 Å². The average molecular weight is 360 g/mol. The molecule has 1 aromatic heterocycles. The molecule has 5 nitrogen and oxygen atoms in total. The number of ether oxygens (including phenoxy) is 1. The van der Waals surface area contributed by atoms with Gasteiger partial charge in [0, 0.05) is 37.2 Å². The molecule has 0 aliphatic carbocycles. The van der Waals surface area contributed by atoms with E-state index in [-0.39, 0.29) is 0 Å². The molecule has 0 unspecified atom stereocenters. The molecule has 1 aliphatic heterocycles. The quantitative estimate of drug-likeness (QED) is 0.708. The molecule has 0 radical (unpaired) electrons. The van der Waals surface area contributed by atoms with Crippen molar-refractivity contribution in [1.29, 1.82) is 0 Å². The van der Waals surface area contributed by atoms with Crippen LogP contribution >= 0.6 is 0 Å². The number of anilines is 1. The van der Waals surface area contributed by atoms with Crippen LogP contribution in [-0.4, -0.2) is 34.0 Å². The van der Waals surface area contributed by atoms with E-state index in [1.165, 1.54) is 24.1 Å². The van der Waals surface area contributed by atoms with Crippen LogP contribution in [0.2, 0.25) is 0 Å². The second-order valence-electron chi connectivity index (χ2n) is 6.86. The summed E-state index contributed by atoms with van der Waals surface area (Å²) in [5, 5.41) is 3.66. The molecule has 1 aliphatic rings. The lowest BCUT2D eigenvalue weighted by Crippen LogP contribution is -2.41. The molecule has 1 N–H and O–H groups in total. The lowest BCUT2D eigenvalue weighted by Gasteiger charge is -2.33. The second kappa shape index (κ2) is 8.64. The molecule has 27 heavy (non-hydrogen) atoms. The number of hydrogen-bond acceptors (Lipinski definition) is 5. The number of likely N-dealkylation sites (tertiary alicyclic amines) is 1. The Kier molecular flexibility index (Phi) is 5.60. The fourth-order valence-electron chi connectivity index (χ4n) is 3.45. The van der Waals surface area contributed by atoms with Crippen LogP contribution < -0.4 is 10.1 Å². The Hall–Kier alpha value is -2.92. The normalized spacial score (nSPS) is 17.4. The molecule has 0 bridgehead atoms. The van der Waals surface area contributed by atoms with Gasteiger partial charge in [-0.25, -0.2) is 9.97 Å². The highest BCUT2D eigenvalue weighted by atomic mass is 16.5. The summed E-state index contributed by atoms with van der Waals surface area (Å²) in [6.07, 6.45) is 5.78. The summed E-state index contributed by atoms with van der Waals surface area (Å²) < 4.78 is 5.66. The Morgan fingerprint density at radius 3 is 2.52 bits per heavy atom. The Morgan fingerprint density at radius 2 is 1.74 bits per heavy atom. The summed E-state index contributed by atoms with van der Waals surface area (Å²) in [4.78, 5) is 10.7. The minimum absolute atomic E-state index is 0.371. The van der Waals surface area contributed by atoms with Gasteiger partial charge in [0.2, 0.25) is 0 Å². The van der Waals surface area contributed by atoms with Gasteiger partial charge in [0.1, 0.15) is 5.75 Å². The number of para-hydroxylation sites is 1. The van der Waals surface area contributed by atoms with Crippen LogP contribution in [0, 0.1) is 0 Å². The fourth-order valence-corrected chi connectivity index (χ4v) is 3.45. The van der Waals surface area contributed by atoms with Gasteiger partial charge >= 0.3 is 6.01 Å². The summed E-state index contributed by atoms with van der Waals surface area (Å²) in [7, 11) is 0. The first-order chi connectivity index (χ1) is 13.3. The first kappa shape index (κ1) is 17.5. The summed E-state index contributed by atoms with van der Waals surface area (Å²) in [5.74, 6) is 0.757. The molecule has 0 amide bonds. The predicted octanol–water partition coefficient (Wildman–Crippen LogP) is 4.35. The van der Waals surface area contributed by atoms with Gasteiger partial charge in [0.05, 0.1) is 0 Å². The van der Waals surface area contributed by atoms with Crippen LogP contribution in [0.1, 0.15) is 18.4 Å². The van der Waals surface area contributed by atoms with E-state index in [1.54, 1.807) is 18.5 Å². The Labute approximate surface area is 160 Å². The molecular formula is C22H24N4O. The van der Waals surface area contributed by atoms with Crippen molar-refractivity contribution in [2.45, 2.75) is 25.4 Å². The number of nitrogens with one attached hydrogen (secondary N) is 1. The second-order valence-corrected chi connectivity index (χ2v) is 6.86. The molecule has 4 rings (SSSR count). The number of rotatable bonds is 6. The van der Waals surface area contributed by atoms with Crippen molar-refractivity contribution < 1.29 is 4.74 Å². The number of piperidine rings is 1. The molecule has 0 spiro atoms. The van der Waals surface area contributed by atoms with Gasteiger partial charge in [0.25, 0.3) is 0 Å². The highest BCUT2D eigenvalue weighted by Gasteiger charge is 2.19. The van der Waals surface area contributed by atoms with Gasteiger partial charge in [0.15, 0.2) is 0 Å². The molecule has 1 saturated heterocycles. The third kappa shape index (κ3) is 5.05. The Morgan fingerprint density at radius 1 is 0.963 bits per heavy atom. The summed E-state index contributed by atoms with van der Waals surface area (Å²) in [6, 6.07) is 21.3. The average Bonchev–Trinajstić information content (AvgIpc) is 2.71. The third-order valence-corrected chi connectivity index (χ3v) is 4.73. The first-order valence-electron chi connectivity index (χ1n) is 9.43. The Balaban J connectivity index is 1.32. The van der Waals surface area contributed by atoms with Gasteiger partial charge < -0.3 is 10.1 Å². The van der Waals surface area contributed by atoms with Crippen LogP contribution in [0.4, 0.5) is 5.69 Å². The van der Waals surface area contributed by atoms with Crippen molar-refractivity contribution in [1.82, 2.24) is 14.9 Å². The van der Waals surface area contributed by atoms with Gasteiger partial charge in [-0.1, -0.05) is 30.3 Å². The van der Waals surface area contributed by atoms with E-state index in [1.807, 2.05) is 12.1 Å². The molecular weight excluding hydrogens is 336 g/mol. The zero-order chi connectivity index (χ0) is 18.3. The van der Waals surface area contributed by atoms with Crippen molar-refractivity contribution in [2.24, 2.45) is 0 Å². The summed E-state index contributed by atoms with van der Waals surface area (Å²) in [5.41, 5.74) is 2.49. The smallest absolute Gasteiger partial charge is 0.321 e.